The standard InChI is InChI=1S/C9H13N5.2ClH.Cu.H2O/c1-3-11-13(6-1)8-5-10-9-14-7-2-4-12-14;;;;/h1-4,6-7,10H,5,8-9H2;2*1H;;1H2/q;;;+2;/p-2. The Balaban J connectivity index is -0.000000562. The molecule has 107 valence electrons. The predicted octanol–water partition coefficient (Wildman–Crippen LogP) is -6.49. The molecule has 6 nitrogen and oxygen atoms in total. The van der Waals surface area contributed by atoms with Gasteiger partial charge in [0.2, 0.25) is 0 Å². The third-order valence-corrected chi connectivity index (χ3v) is 1.91. The molecule has 0 saturated carbocycles. The first-order valence-electron chi connectivity index (χ1n) is 4.61. The van der Waals surface area contributed by atoms with E-state index in [-0.39, 0.29) is 47.4 Å². The molecule has 2 heterocycles. The second-order valence-corrected chi connectivity index (χ2v) is 2.97. The van der Waals surface area contributed by atoms with Crippen molar-refractivity contribution in [1.82, 2.24) is 24.9 Å². The molecule has 0 bridgehead atoms. The third-order valence-electron chi connectivity index (χ3n) is 1.91. The Bertz CT molecular complexity index is 321. The van der Waals surface area contributed by atoms with Gasteiger partial charge in [0, 0.05) is 31.3 Å². The van der Waals surface area contributed by atoms with E-state index in [9.17, 15) is 0 Å². The molecule has 3 N–H and O–H groups in total. The first kappa shape index (κ1) is 22.6. The Labute approximate surface area is 129 Å². The first-order chi connectivity index (χ1) is 6.95. The largest absolute Gasteiger partial charge is 2.00 e. The monoisotopic (exact) mass is 342 g/mol. The molecule has 0 aromatic carbocycles. The number of halogens is 2. The predicted molar refractivity (Wildman–Crippen MR) is 56.1 cm³/mol. The summed E-state index contributed by atoms with van der Waals surface area (Å²) in [6.45, 7) is 2.52. The van der Waals surface area contributed by atoms with Crippen molar-refractivity contribution in [2.24, 2.45) is 0 Å². The average Bonchev–Trinajstić information content (AvgIpc) is 2.86. The molecule has 2 aromatic heterocycles. The van der Waals surface area contributed by atoms with Gasteiger partial charge in [0.15, 0.2) is 0 Å². The number of hydrogen-bond acceptors (Lipinski definition) is 3. The summed E-state index contributed by atoms with van der Waals surface area (Å²) >= 11 is 0. The van der Waals surface area contributed by atoms with Crippen LogP contribution in [0.15, 0.2) is 36.9 Å². The molecule has 0 atom stereocenters. The molecule has 0 aliphatic carbocycles. The van der Waals surface area contributed by atoms with Crippen LogP contribution in [0.3, 0.4) is 0 Å². The molecule has 0 spiro atoms. The van der Waals surface area contributed by atoms with Gasteiger partial charge in [-0.05, 0) is 12.1 Å². The van der Waals surface area contributed by atoms with E-state index >= 15 is 0 Å². The van der Waals surface area contributed by atoms with Crippen LogP contribution in [0, 0.1) is 0 Å². The van der Waals surface area contributed by atoms with Gasteiger partial charge in [-0.3, -0.25) is 14.7 Å². The summed E-state index contributed by atoms with van der Waals surface area (Å²) in [7, 11) is 0. The summed E-state index contributed by atoms with van der Waals surface area (Å²) in [6.07, 6.45) is 7.44. The third kappa shape index (κ3) is 7.71. The summed E-state index contributed by atoms with van der Waals surface area (Å²) in [5.41, 5.74) is 0. The van der Waals surface area contributed by atoms with Gasteiger partial charge in [-0.1, -0.05) is 0 Å². The van der Waals surface area contributed by atoms with Crippen molar-refractivity contribution in [3.63, 3.8) is 0 Å². The molecule has 0 fully saturated rings. The molecule has 0 aliphatic heterocycles. The zero-order valence-corrected chi connectivity index (χ0v) is 11.9. The quantitative estimate of drug-likeness (QED) is 0.433. The van der Waals surface area contributed by atoms with Crippen LogP contribution in [0.1, 0.15) is 0 Å². The van der Waals surface area contributed by atoms with Gasteiger partial charge >= 0.3 is 17.1 Å². The molecule has 2 rings (SSSR count). The summed E-state index contributed by atoms with van der Waals surface area (Å²) in [6, 6.07) is 3.84. The zero-order chi connectivity index (χ0) is 9.64. The van der Waals surface area contributed by atoms with Crippen molar-refractivity contribution in [2.45, 2.75) is 13.2 Å². The fourth-order valence-corrected chi connectivity index (χ4v) is 1.21. The van der Waals surface area contributed by atoms with Gasteiger partial charge in [-0.2, -0.15) is 10.2 Å². The van der Waals surface area contributed by atoms with E-state index in [0.29, 0.717) is 0 Å². The average molecular weight is 344 g/mol. The van der Waals surface area contributed by atoms with Crippen molar-refractivity contribution >= 4 is 0 Å². The Morgan fingerprint density at radius 3 is 2.00 bits per heavy atom. The van der Waals surface area contributed by atoms with Crippen molar-refractivity contribution in [3.05, 3.63) is 36.9 Å². The van der Waals surface area contributed by atoms with Crippen LogP contribution in [0.4, 0.5) is 0 Å². The van der Waals surface area contributed by atoms with Crippen LogP contribution in [0.5, 0.6) is 0 Å². The second kappa shape index (κ2) is 12.9. The molecule has 0 unspecified atom stereocenters. The van der Waals surface area contributed by atoms with Crippen LogP contribution < -0.4 is 30.1 Å². The van der Waals surface area contributed by atoms with Crippen molar-refractivity contribution in [1.29, 1.82) is 0 Å². The van der Waals surface area contributed by atoms with Gasteiger partial charge < -0.3 is 30.3 Å². The minimum absolute atomic E-state index is 0. The fraction of sp³-hybridized carbons (Fsp3) is 0.333. The van der Waals surface area contributed by atoms with Crippen molar-refractivity contribution < 1.29 is 47.4 Å². The van der Waals surface area contributed by atoms with Crippen LogP contribution in [0.25, 0.3) is 0 Å². The normalized spacial score (nSPS) is 8.22. The maximum Gasteiger partial charge on any atom is 2.00 e. The Morgan fingerprint density at radius 1 is 0.944 bits per heavy atom. The van der Waals surface area contributed by atoms with Gasteiger partial charge in [-0.25, -0.2) is 0 Å². The van der Waals surface area contributed by atoms with Crippen LogP contribution in [-0.4, -0.2) is 31.6 Å². The molecule has 2 aromatic rings. The molecule has 0 amide bonds. The fourth-order valence-electron chi connectivity index (χ4n) is 1.21. The van der Waals surface area contributed by atoms with Crippen molar-refractivity contribution in [2.75, 3.05) is 6.54 Å². The van der Waals surface area contributed by atoms with E-state index in [0.717, 1.165) is 19.8 Å². The van der Waals surface area contributed by atoms with Crippen LogP contribution >= 0.6 is 0 Å². The molecular weight excluding hydrogens is 329 g/mol. The summed E-state index contributed by atoms with van der Waals surface area (Å²) in [5.74, 6) is 0. The number of aromatic nitrogens is 4. The maximum atomic E-state index is 4.11. The van der Waals surface area contributed by atoms with Crippen LogP contribution in [0.2, 0.25) is 0 Å². The Morgan fingerprint density at radius 2 is 1.50 bits per heavy atom. The molecule has 18 heavy (non-hydrogen) atoms. The minimum atomic E-state index is 0. The van der Waals surface area contributed by atoms with Crippen LogP contribution in [-0.2, 0) is 30.3 Å². The topological polar surface area (TPSA) is 79.2 Å². The SMILES string of the molecule is O.[Cl-].[Cl-].[Cu+2].c1cnn(CCNCn2cccn2)c1. The number of rotatable bonds is 5. The minimum Gasteiger partial charge on any atom is -1.00 e. The number of nitrogens with zero attached hydrogens (tertiary/aromatic N) is 4. The summed E-state index contributed by atoms with van der Waals surface area (Å²) in [5, 5.41) is 11.5. The van der Waals surface area contributed by atoms with Crippen molar-refractivity contribution in [3.8, 4) is 0 Å². The number of hydrogen-bond donors (Lipinski definition) is 1. The Hall–Kier alpha value is -0.561. The van der Waals surface area contributed by atoms with E-state index < -0.39 is 0 Å². The second-order valence-electron chi connectivity index (χ2n) is 2.97. The maximum absolute atomic E-state index is 4.11. The van der Waals surface area contributed by atoms with E-state index in [1.165, 1.54) is 0 Å². The van der Waals surface area contributed by atoms with E-state index in [2.05, 4.69) is 15.5 Å². The molecule has 9 heteroatoms. The molecule has 0 aliphatic rings. The van der Waals surface area contributed by atoms with Gasteiger partial charge in [-0.15, -0.1) is 0 Å². The van der Waals surface area contributed by atoms with Gasteiger partial charge in [0.1, 0.15) is 0 Å². The summed E-state index contributed by atoms with van der Waals surface area (Å²) < 4.78 is 3.75. The van der Waals surface area contributed by atoms with E-state index in [1.54, 1.807) is 12.4 Å². The zero-order valence-electron chi connectivity index (χ0n) is 9.43. The molecule has 0 saturated heterocycles. The smallest absolute Gasteiger partial charge is 1.00 e. The molecular formula is C9H15Cl2CuN5O. The van der Waals surface area contributed by atoms with E-state index in [1.807, 2.05) is 33.9 Å². The first-order valence-corrected chi connectivity index (χ1v) is 4.61. The number of nitrogens with one attached hydrogen (secondary N) is 1. The Kier molecular flexibility index (Phi) is 16.2. The summed E-state index contributed by atoms with van der Waals surface area (Å²) in [4.78, 5) is 0. The van der Waals surface area contributed by atoms with E-state index in [4.69, 9.17) is 0 Å². The van der Waals surface area contributed by atoms with Gasteiger partial charge in [0.25, 0.3) is 0 Å². The molecule has 1 radical (unpaired) electrons. The van der Waals surface area contributed by atoms with Gasteiger partial charge in [0.05, 0.1) is 13.2 Å².